The average molecular weight is 240 g/mol. The van der Waals surface area contributed by atoms with Gasteiger partial charge in [0.15, 0.2) is 0 Å². The third-order valence-corrected chi connectivity index (χ3v) is 3.92. The first-order valence-corrected chi connectivity index (χ1v) is 6.53. The van der Waals surface area contributed by atoms with E-state index in [1.165, 1.54) is 17.5 Å². The third-order valence-electron chi connectivity index (χ3n) is 3.92. The summed E-state index contributed by atoms with van der Waals surface area (Å²) in [5, 5.41) is 0. The van der Waals surface area contributed by atoms with Crippen molar-refractivity contribution in [1.82, 2.24) is 0 Å². The van der Waals surface area contributed by atoms with E-state index >= 15 is 0 Å². The average Bonchev–Trinajstić information content (AvgIpc) is 2.43. The number of hydrogen-bond acceptors (Lipinski definition) is 1. The molecular formula is C17H20O. The van der Waals surface area contributed by atoms with Crippen LogP contribution in [0.25, 0.3) is 0 Å². The van der Waals surface area contributed by atoms with Crippen molar-refractivity contribution in [2.24, 2.45) is 5.92 Å². The number of hydrogen-bond donors (Lipinski definition) is 0. The Morgan fingerprint density at radius 3 is 3.06 bits per heavy atom. The van der Waals surface area contributed by atoms with Gasteiger partial charge in [0.1, 0.15) is 5.75 Å². The monoisotopic (exact) mass is 240 g/mol. The maximum Gasteiger partial charge on any atom is 0.119 e. The van der Waals surface area contributed by atoms with Crippen LogP contribution in [0.15, 0.2) is 30.9 Å². The number of fused-ring (bicyclic) bond motifs is 1. The highest BCUT2D eigenvalue weighted by Crippen LogP contribution is 2.40. The van der Waals surface area contributed by atoms with Gasteiger partial charge in [0, 0.05) is 6.42 Å². The van der Waals surface area contributed by atoms with Crippen LogP contribution < -0.4 is 4.74 Å². The van der Waals surface area contributed by atoms with Crippen LogP contribution in [0.5, 0.6) is 5.75 Å². The molecule has 2 rings (SSSR count). The zero-order valence-electron chi connectivity index (χ0n) is 11.0. The number of methoxy groups -OCH3 is 1. The first kappa shape index (κ1) is 12.8. The highest BCUT2D eigenvalue weighted by atomic mass is 16.5. The summed E-state index contributed by atoms with van der Waals surface area (Å²) >= 11 is 0. The molecule has 0 heterocycles. The van der Waals surface area contributed by atoms with Crippen molar-refractivity contribution in [3.05, 3.63) is 42.0 Å². The van der Waals surface area contributed by atoms with E-state index in [1.54, 1.807) is 7.11 Å². The summed E-state index contributed by atoms with van der Waals surface area (Å²) in [7, 11) is 1.72. The van der Waals surface area contributed by atoms with Gasteiger partial charge in [0.25, 0.3) is 0 Å². The second kappa shape index (κ2) is 5.78. The number of terminal acetylenes is 1. The molecule has 0 spiro atoms. The molecular weight excluding hydrogens is 220 g/mol. The summed E-state index contributed by atoms with van der Waals surface area (Å²) in [6.07, 6.45) is 11.6. The van der Waals surface area contributed by atoms with E-state index in [0.717, 1.165) is 25.0 Å². The molecule has 94 valence electrons. The first-order valence-electron chi connectivity index (χ1n) is 6.53. The largest absolute Gasteiger partial charge is 0.497 e. The Morgan fingerprint density at radius 1 is 1.56 bits per heavy atom. The van der Waals surface area contributed by atoms with Crippen molar-refractivity contribution in [3.63, 3.8) is 0 Å². The first-order chi connectivity index (χ1) is 8.80. The maximum absolute atomic E-state index is 5.40. The van der Waals surface area contributed by atoms with Gasteiger partial charge in [0.2, 0.25) is 0 Å². The highest BCUT2D eigenvalue weighted by molar-refractivity contribution is 5.40. The molecule has 0 saturated heterocycles. The number of rotatable bonds is 4. The Kier molecular flexibility index (Phi) is 4.10. The SMILES string of the molecule is C#CCC[C@@H]1c2ccc(OC)cc2CC[C@H]1C=C. The molecule has 1 heteroatoms. The van der Waals surface area contributed by atoms with Crippen molar-refractivity contribution in [3.8, 4) is 18.1 Å². The molecule has 1 aromatic rings. The molecule has 0 unspecified atom stereocenters. The Balaban J connectivity index is 2.32. The van der Waals surface area contributed by atoms with E-state index < -0.39 is 0 Å². The zero-order chi connectivity index (χ0) is 13.0. The molecule has 0 fully saturated rings. The van der Waals surface area contributed by atoms with Gasteiger partial charge in [-0.2, -0.15) is 0 Å². The molecule has 18 heavy (non-hydrogen) atoms. The lowest BCUT2D eigenvalue weighted by Gasteiger charge is -2.32. The van der Waals surface area contributed by atoms with Crippen LogP contribution in [0.4, 0.5) is 0 Å². The molecule has 1 aromatic carbocycles. The van der Waals surface area contributed by atoms with Gasteiger partial charge < -0.3 is 4.74 Å². The smallest absolute Gasteiger partial charge is 0.119 e. The summed E-state index contributed by atoms with van der Waals surface area (Å²) in [6.45, 7) is 3.97. The highest BCUT2D eigenvalue weighted by Gasteiger charge is 2.27. The van der Waals surface area contributed by atoms with Gasteiger partial charge in [-0.15, -0.1) is 18.9 Å². The van der Waals surface area contributed by atoms with Crippen LogP contribution >= 0.6 is 0 Å². The van der Waals surface area contributed by atoms with Gasteiger partial charge in [0.05, 0.1) is 7.11 Å². The van der Waals surface area contributed by atoms with Crippen molar-refractivity contribution in [2.75, 3.05) is 7.11 Å². The fraction of sp³-hybridized carbons (Fsp3) is 0.412. The molecule has 1 aliphatic rings. The van der Waals surface area contributed by atoms with Crippen LogP contribution in [0, 0.1) is 18.3 Å². The van der Waals surface area contributed by atoms with Gasteiger partial charge in [-0.3, -0.25) is 0 Å². The van der Waals surface area contributed by atoms with E-state index in [1.807, 2.05) is 6.07 Å². The quantitative estimate of drug-likeness (QED) is 0.572. The van der Waals surface area contributed by atoms with Crippen LogP contribution in [0.1, 0.15) is 36.3 Å². The van der Waals surface area contributed by atoms with E-state index in [0.29, 0.717) is 11.8 Å². The van der Waals surface area contributed by atoms with Crippen LogP contribution in [-0.4, -0.2) is 7.11 Å². The molecule has 0 radical (unpaired) electrons. The summed E-state index contributed by atoms with van der Waals surface area (Å²) in [4.78, 5) is 0. The Labute approximate surface area is 110 Å². The molecule has 0 bridgehead atoms. The molecule has 1 nitrogen and oxygen atoms in total. The topological polar surface area (TPSA) is 9.23 Å². The lowest BCUT2D eigenvalue weighted by molar-refractivity contribution is 0.405. The standard InChI is InChI=1S/C17H20O/c1-4-6-7-16-13(5-2)8-9-14-12-15(18-3)10-11-17(14)16/h1,5,10-13,16H,2,6-9H2,3H3/t13-,16+/m1/s1. The second-order valence-corrected chi connectivity index (χ2v) is 4.85. The molecule has 1 aliphatic carbocycles. The van der Waals surface area contributed by atoms with Gasteiger partial charge in [-0.25, -0.2) is 0 Å². The van der Waals surface area contributed by atoms with Gasteiger partial charge in [-0.05, 0) is 54.4 Å². The third kappa shape index (κ3) is 2.43. The van der Waals surface area contributed by atoms with Crippen LogP contribution in [-0.2, 0) is 6.42 Å². The lowest BCUT2D eigenvalue weighted by atomic mass is 9.73. The van der Waals surface area contributed by atoms with E-state index in [2.05, 4.69) is 30.7 Å². The number of ether oxygens (including phenoxy) is 1. The summed E-state index contributed by atoms with van der Waals surface area (Å²) in [5.74, 6) is 4.78. The number of aryl methyl sites for hydroxylation is 1. The Bertz CT molecular complexity index is 467. The van der Waals surface area contributed by atoms with E-state index in [-0.39, 0.29) is 0 Å². The molecule has 0 aromatic heterocycles. The number of benzene rings is 1. The minimum atomic E-state index is 0.521. The molecule has 0 amide bonds. The summed E-state index contributed by atoms with van der Waals surface area (Å²) < 4.78 is 5.30. The molecule has 2 atom stereocenters. The van der Waals surface area contributed by atoms with Crippen molar-refractivity contribution >= 4 is 0 Å². The minimum Gasteiger partial charge on any atom is -0.497 e. The summed E-state index contributed by atoms with van der Waals surface area (Å²) in [5.41, 5.74) is 2.84. The predicted octanol–water partition coefficient (Wildman–Crippen LogP) is 3.94. The Morgan fingerprint density at radius 2 is 2.39 bits per heavy atom. The van der Waals surface area contributed by atoms with E-state index in [4.69, 9.17) is 11.2 Å². The van der Waals surface area contributed by atoms with Gasteiger partial charge >= 0.3 is 0 Å². The van der Waals surface area contributed by atoms with Crippen molar-refractivity contribution in [2.45, 2.75) is 31.6 Å². The Hall–Kier alpha value is -1.68. The molecule has 0 aliphatic heterocycles. The fourth-order valence-electron chi connectivity index (χ4n) is 2.93. The minimum absolute atomic E-state index is 0.521. The van der Waals surface area contributed by atoms with Crippen LogP contribution in [0.3, 0.4) is 0 Å². The van der Waals surface area contributed by atoms with Gasteiger partial charge in [-0.1, -0.05) is 12.1 Å². The fourth-order valence-corrected chi connectivity index (χ4v) is 2.93. The van der Waals surface area contributed by atoms with Crippen molar-refractivity contribution in [1.29, 1.82) is 0 Å². The lowest BCUT2D eigenvalue weighted by Crippen LogP contribution is -2.19. The predicted molar refractivity (Wildman–Crippen MR) is 75.8 cm³/mol. The number of allylic oxidation sites excluding steroid dienone is 1. The second-order valence-electron chi connectivity index (χ2n) is 4.85. The van der Waals surface area contributed by atoms with Crippen LogP contribution in [0.2, 0.25) is 0 Å². The van der Waals surface area contributed by atoms with Crippen molar-refractivity contribution < 1.29 is 4.74 Å². The molecule has 0 N–H and O–H groups in total. The maximum atomic E-state index is 5.40. The van der Waals surface area contributed by atoms with E-state index in [9.17, 15) is 0 Å². The summed E-state index contributed by atoms with van der Waals surface area (Å²) in [6, 6.07) is 6.41. The zero-order valence-corrected chi connectivity index (χ0v) is 11.0. The molecule has 0 saturated carbocycles. The normalized spacial score (nSPS) is 21.8.